The number of nitrogens with zero attached hydrogens (tertiary/aromatic N) is 1. The van der Waals surface area contributed by atoms with E-state index in [2.05, 4.69) is 4.72 Å². The lowest BCUT2D eigenvalue weighted by molar-refractivity contribution is 0.169. The van der Waals surface area contributed by atoms with Crippen LogP contribution >= 0.6 is 0 Å². The summed E-state index contributed by atoms with van der Waals surface area (Å²) in [5, 5.41) is 0. The van der Waals surface area contributed by atoms with Crippen molar-refractivity contribution in [3.63, 3.8) is 0 Å². The third kappa shape index (κ3) is 2.89. The zero-order valence-electron chi connectivity index (χ0n) is 8.27. The largest absolute Gasteiger partial charge is 0.383 e. The molecule has 0 spiro atoms. The monoisotopic (exact) mass is 223 g/mol. The van der Waals surface area contributed by atoms with Crippen molar-refractivity contribution in [2.75, 3.05) is 39.9 Å². The van der Waals surface area contributed by atoms with Crippen molar-refractivity contribution in [3.05, 3.63) is 0 Å². The number of hydrogen-bond acceptors (Lipinski definition) is 4. The van der Waals surface area contributed by atoms with Crippen LogP contribution in [0.1, 0.15) is 0 Å². The number of rotatable bonds is 4. The number of ether oxygens (including phenoxy) is 1. The fourth-order valence-electron chi connectivity index (χ4n) is 1.33. The van der Waals surface area contributed by atoms with Gasteiger partial charge in [-0.25, -0.2) is 4.72 Å². The molecule has 1 unspecified atom stereocenters. The van der Waals surface area contributed by atoms with E-state index in [1.807, 2.05) is 0 Å². The fourth-order valence-corrected chi connectivity index (χ4v) is 2.68. The van der Waals surface area contributed by atoms with Gasteiger partial charge in [0.05, 0.1) is 6.61 Å². The molecule has 0 aromatic carbocycles. The topological polar surface area (TPSA) is 84.7 Å². The quantitative estimate of drug-likeness (QED) is 0.598. The van der Waals surface area contributed by atoms with Crippen LogP contribution in [0.15, 0.2) is 0 Å². The van der Waals surface area contributed by atoms with Crippen LogP contribution in [0.4, 0.5) is 0 Å². The van der Waals surface area contributed by atoms with Gasteiger partial charge >= 0.3 is 0 Å². The molecule has 6 nitrogen and oxygen atoms in total. The van der Waals surface area contributed by atoms with Crippen molar-refractivity contribution < 1.29 is 13.2 Å². The molecule has 1 aliphatic rings. The smallest absolute Gasteiger partial charge is 0.279 e. The summed E-state index contributed by atoms with van der Waals surface area (Å²) in [6, 6.07) is 0. The van der Waals surface area contributed by atoms with Gasteiger partial charge in [-0.3, -0.25) is 0 Å². The summed E-state index contributed by atoms with van der Waals surface area (Å²) in [5.41, 5.74) is 5.49. The third-order valence-electron chi connectivity index (χ3n) is 2.23. The first-order valence-electron chi connectivity index (χ1n) is 4.54. The number of nitrogens with two attached hydrogens (primary N) is 1. The molecule has 84 valence electrons. The molecule has 14 heavy (non-hydrogen) atoms. The zero-order valence-corrected chi connectivity index (χ0v) is 9.09. The van der Waals surface area contributed by atoms with Crippen LogP contribution in [-0.2, 0) is 14.9 Å². The molecule has 0 aromatic heterocycles. The molecule has 1 heterocycles. The van der Waals surface area contributed by atoms with E-state index < -0.39 is 10.2 Å². The lowest BCUT2D eigenvalue weighted by Gasteiger charge is -2.31. The van der Waals surface area contributed by atoms with Crippen molar-refractivity contribution >= 4 is 10.2 Å². The van der Waals surface area contributed by atoms with E-state index >= 15 is 0 Å². The van der Waals surface area contributed by atoms with Gasteiger partial charge in [-0.1, -0.05) is 0 Å². The van der Waals surface area contributed by atoms with Crippen LogP contribution < -0.4 is 10.5 Å². The summed E-state index contributed by atoms with van der Waals surface area (Å²) in [5.74, 6) is 0.190. The zero-order chi connectivity index (χ0) is 10.6. The summed E-state index contributed by atoms with van der Waals surface area (Å²) in [7, 11) is -1.74. The normalized spacial score (nSPS) is 27.7. The molecule has 3 N–H and O–H groups in total. The molecule has 0 saturated carbocycles. The van der Waals surface area contributed by atoms with E-state index in [1.165, 1.54) is 4.31 Å². The maximum atomic E-state index is 11.5. The highest BCUT2D eigenvalue weighted by Gasteiger charge is 2.29. The molecule has 1 fully saturated rings. The Morgan fingerprint density at radius 1 is 1.64 bits per heavy atom. The van der Waals surface area contributed by atoms with Crippen molar-refractivity contribution in [1.29, 1.82) is 0 Å². The Kier molecular flexibility index (Phi) is 4.27. The number of methoxy groups -OCH3 is 1. The first-order valence-corrected chi connectivity index (χ1v) is 5.98. The predicted molar refractivity (Wildman–Crippen MR) is 52.9 cm³/mol. The second-order valence-electron chi connectivity index (χ2n) is 3.31. The van der Waals surface area contributed by atoms with Gasteiger partial charge in [0.25, 0.3) is 10.2 Å². The maximum Gasteiger partial charge on any atom is 0.279 e. The van der Waals surface area contributed by atoms with Gasteiger partial charge in [-0.15, -0.1) is 0 Å². The van der Waals surface area contributed by atoms with Gasteiger partial charge in [0.2, 0.25) is 0 Å². The second-order valence-corrected chi connectivity index (χ2v) is 5.06. The molecule has 0 bridgehead atoms. The van der Waals surface area contributed by atoms with Gasteiger partial charge in [-0.2, -0.15) is 12.7 Å². The number of hydrogen-bond donors (Lipinski definition) is 2. The molecule has 0 aliphatic carbocycles. The van der Waals surface area contributed by atoms with E-state index in [0.29, 0.717) is 32.8 Å². The van der Waals surface area contributed by atoms with E-state index in [9.17, 15) is 8.42 Å². The van der Waals surface area contributed by atoms with Crippen LogP contribution in [0.2, 0.25) is 0 Å². The summed E-state index contributed by atoms with van der Waals surface area (Å²) in [4.78, 5) is 0. The predicted octanol–water partition coefficient (Wildman–Crippen LogP) is -1.64. The van der Waals surface area contributed by atoms with Gasteiger partial charge in [0, 0.05) is 26.7 Å². The molecular formula is C7H17N3O3S. The van der Waals surface area contributed by atoms with Gasteiger partial charge in [-0.05, 0) is 12.5 Å². The summed E-state index contributed by atoms with van der Waals surface area (Å²) < 4.78 is 31.6. The van der Waals surface area contributed by atoms with Crippen molar-refractivity contribution in [2.24, 2.45) is 11.7 Å². The molecule has 1 saturated heterocycles. The average molecular weight is 223 g/mol. The maximum absolute atomic E-state index is 11.5. The van der Waals surface area contributed by atoms with Crippen LogP contribution in [0, 0.1) is 5.92 Å². The van der Waals surface area contributed by atoms with Crippen LogP contribution in [0.5, 0.6) is 0 Å². The van der Waals surface area contributed by atoms with Crippen molar-refractivity contribution in [1.82, 2.24) is 9.03 Å². The van der Waals surface area contributed by atoms with E-state index in [-0.39, 0.29) is 5.92 Å². The Bertz CT molecular complexity index is 267. The van der Waals surface area contributed by atoms with Crippen LogP contribution in [0.3, 0.4) is 0 Å². The minimum absolute atomic E-state index is 0.190. The molecular weight excluding hydrogens is 206 g/mol. The Morgan fingerprint density at radius 3 is 2.93 bits per heavy atom. The highest BCUT2D eigenvalue weighted by atomic mass is 32.2. The minimum Gasteiger partial charge on any atom is -0.383 e. The molecule has 1 atom stereocenters. The Hall–Kier alpha value is -0.210. The lowest BCUT2D eigenvalue weighted by atomic mass is 10.1. The molecule has 1 rings (SSSR count). The summed E-state index contributed by atoms with van der Waals surface area (Å²) in [6.07, 6.45) is 0. The van der Waals surface area contributed by atoms with Gasteiger partial charge < -0.3 is 10.5 Å². The third-order valence-corrected chi connectivity index (χ3v) is 3.78. The Balaban J connectivity index is 2.57. The van der Waals surface area contributed by atoms with E-state index in [4.69, 9.17) is 10.5 Å². The molecule has 0 radical (unpaired) electrons. The Labute approximate surface area is 84.6 Å². The first kappa shape index (κ1) is 11.9. The lowest BCUT2D eigenvalue weighted by Crippen LogP contribution is -2.53. The SMILES string of the molecule is COCCN1CC(CN)CNS1(=O)=O. The van der Waals surface area contributed by atoms with E-state index in [0.717, 1.165) is 0 Å². The minimum atomic E-state index is -3.29. The molecule has 0 aromatic rings. The highest BCUT2D eigenvalue weighted by Crippen LogP contribution is 2.09. The van der Waals surface area contributed by atoms with Crippen LogP contribution in [-0.4, -0.2) is 52.6 Å². The van der Waals surface area contributed by atoms with Crippen molar-refractivity contribution in [2.45, 2.75) is 0 Å². The second kappa shape index (κ2) is 5.04. The van der Waals surface area contributed by atoms with Crippen LogP contribution in [0.25, 0.3) is 0 Å². The summed E-state index contributed by atoms with van der Waals surface area (Å²) >= 11 is 0. The molecule has 0 amide bonds. The standard InChI is InChI=1S/C7H17N3O3S/c1-13-3-2-10-6-7(4-8)5-9-14(10,11)12/h7,9H,2-6,8H2,1H3. The van der Waals surface area contributed by atoms with Gasteiger partial charge in [0.1, 0.15) is 0 Å². The number of nitrogens with one attached hydrogen (secondary N) is 1. The van der Waals surface area contributed by atoms with Gasteiger partial charge in [0.15, 0.2) is 0 Å². The Morgan fingerprint density at radius 2 is 2.36 bits per heavy atom. The fraction of sp³-hybridized carbons (Fsp3) is 1.00. The summed E-state index contributed by atoms with van der Waals surface area (Å²) in [6.45, 7) is 2.18. The average Bonchev–Trinajstić information content (AvgIpc) is 2.16. The van der Waals surface area contributed by atoms with E-state index in [1.54, 1.807) is 7.11 Å². The van der Waals surface area contributed by atoms with Crippen molar-refractivity contribution in [3.8, 4) is 0 Å². The molecule has 1 aliphatic heterocycles. The first-order chi connectivity index (χ1) is 6.60. The molecule has 7 heteroatoms. The highest BCUT2D eigenvalue weighted by molar-refractivity contribution is 7.87.